The van der Waals surface area contributed by atoms with Gasteiger partial charge in [0, 0.05) is 67.6 Å². The van der Waals surface area contributed by atoms with Gasteiger partial charge in [0.05, 0.1) is 0 Å². The third-order valence-corrected chi connectivity index (χ3v) is 5.17. The molecule has 3 heterocycles. The number of amides is 2. The molecule has 1 aromatic carbocycles. The van der Waals surface area contributed by atoms with Crippen molar-refractivity contribution in [3.63, 3.8) is 0 Å². The van der Waals surface area contributed by atoms with Crippen molar-refractivity contribution in [3.8, 4) is 11.4 Å². The van der Waals surface area contributed by atoms with Gasteiger partial charge in [-0.05, 0) is 30.3 Å². The predicted octanol–water partition coefficient (Wildman–Crippen LogP) is 2.70. The largest absolute Gasteiger partial charge is 0.339 e. The minimum atomic E-state index is -0.0709. The van der Waals surface area contributed by atoms with Crippen LogP contribution in [0.25, 0.3) is 11.4 Å². The molecule has 0 aliphatic carbocycles. The summed E-state index contributed by atoms with van der Waals surface area (Å²) < 4.78 is 5.24. The molecule has 9 heteroatoms. The van der Waals surface area contributed by atoms with Gasteiger partial charge < -0.3 is 14.3 Å². The molecule has 2 amide bonds. The van der Waals surface area contributed by atoms with Crippen molar-refractivity contribution in [1.82, 2.24) is 24.9 Å². The van der Waals surface area contributed by atoms with Crippen LogP contribution in [0, 0.1) is 0 Å². The van der Waals surface area contributed by atoms with Gasteiger partial charge in [0.2, 0.25) is 17.6 Å². The summed E-state index contributed by atoms with van der Waals surface area (Å²) in [5.41, 5.74) is 1.32. The molecule has 0 saturated carbocycles. The van der Waals surface area contributed by atoms with Gasteiger partial charge in [0.15, 0.2) is 0 Å². The van der Waals surface area contributed by atoms with E-state index in [2.05, 4.69) is 15.1 Å². The molecule has 4 rings (SSSR count). The van der Waals surface area contributed by atoms with Crippen LogP contribution in [0.1, 0.15) is 22.7 Å². The number of rotatable bonds is 5. The summed E-state index contributed by atoms with van der Waals surface area (Å²) in [5, 5.41) is 4.47. The standard InChI is InChI=1S/C21H20ClN5O3/c22-17-5-1-3-15(13-17)21(29)27-11-9-26(10-12-27)19(28)7-6-18-24-20(25-30-18)16-4-2-8-23-14-16/h1-5,8,13-14H,6-7,9-12H2. The van der Waals surface area contributed by atoms with Crippen molar-refractivity contribution in [3.05, 3.63) is 65.3 Å². The first-order valence-electron chi connectivity index (χ1n) is 9.66. The summed E-state index contributed by atoms with van der Waals surface area (Å²) in [6, 6.07) is 10.5. The van der Waals surface area contributed by atoms with Crippen LogP contribution in [0.5, 0.6) is 0 Å². The topological polar surface area (TPSA) is 92.4 Å². The zero-order chi connectivity index (χ0) is 20.9. The number of halogens is 1. The smallest absolute Gasteiger partial charge is 0.254 e. The summed E-state index contributed by atoms with van der Waals surface area (Å²) >= 11 is 5.97. The SMILES string of the molecule is O=C(CCc1nc(-c2cccnc2)no1)N1CCN(C(=O)c2cccc(Cl)c2)CC1. The lowest BCUT2D eigenvalue weighted by molar-refractivity contribution is -0.132. The molecule has 1 fully saturated rings. The number of hydrogen-bond donors (Lipinski definition) is 0. The summed E-state index contributed by atoms with van der Waals surface area (Å²) in [6.45, 7) is 1.97. The van der Waals surface area contributed by atoms with Gasteiger partial charge >= 0.3 is 0 Å². The number of pyridine rings is 1. The Morgan fingerprint density at radius 1 is 1.07 bits per heavy atom. The average Bonchev–Trinajstić information content (AvgIpc) is 3.27. The van der Waals surface area contributed by atoms with Gasteiger partial charge in [-0.25, -0.2) is 0 Å². The zero-order valence-electron chi connectivity index (χ0n) is 16.2. The molecule has 0 bridgehead atoms. The van der Waals surface area contributed by atoms with E-state index in [0.717, 1.165) is 5.56 Å². The van der Waals surface area contributed by atoms with Crippen LogP contribution in [0.2, 0.25) is 5.02 Å². The second-order valence-corrected chi connectivity index (χ2v) is 7.37. The molecule has 0 atom stereocenters. The van der Waals surface area contributed by atoms with Crippen molar-refractivity contribution >= 4 is 23.4 Å². The summed E-state index contributed by atoms with van der Waals surface area (Å²) in [6.07, 6.45) is 3.97. The van der Waals surface area contributed by atoms with E-state index in [1.165, 1.54) is 0 Å². The van der Waals surface area contributed by atoms with Crippen molar-refractivity contribution < 1.29 is 14.1 Å². The number of carbonyl (C=O) groups excluding carboxylic acids is 2. The first-order valence-corrected chi connectivity index (χ1v) is 10.0. The molecule has 8 nitrogen and oxygen atoms in total. The Bertz CT molecular complexity index is 1030. The number of piperazine rings is 1. The maximum absolute atomic E-state index is 12.6. The van der Waals surface area contributed by atoms with Crippen molar-refractivity contribution in [2.75, 3.05) is 26.2 Å². The van der Waals surface area contributed by atoms with Gasteiger partial charge in [-0.15, -0.1) is 0 Å². The first-order chi connectivity index (χ1) is 14.6. The number of hydrogen-bond acceptors (Lipinski definition) is 6. The first kappa shape index (κ1) is 20.0. The van der Waals surface area contributed by atoms with Crippen LogP contribution in [0.15, 0.2) is 53.3 Å². The Morgan fingerprint density at radius 2 is 1.87 bits per heavy atom. The average molecular weight is 426 g/mol. The van der Waals surface area contributed by atoms with E-state index in [0.29, 0.717) is 54.9 Å². The van der Waals surface area contributed by atoms with Gasteiger partial charge in [0.1, 0.15) is 0 Å². The van der Waals surface area contributed by atoms with E-state index < -0.39 is 0 Å². The van der Waals surface area contributed by atoms with Crippen molar-refractivity contribution in [1.29, 1.82) is 0 Å². The summed E-state index contributed by atoms with van der Waals surface area (Å²) in [5.74, 6) is 0.806. The third-order valence-electron chi connectivity index (χ3n) is 4.93. The highest BCUT2D eigenvalue weighted by molar-refractivity contribution is 6.30. The Balaban J connectivity index is 1.27. The Hall–Kier alpha value is -3.26. The summed E-state index contributed by atoms with van der Waals surface area (Å²) in [7, 11) is 0. The van der Waals surface area contributed by atoms with E-state index in [-0.39, 0.29) is 18.2 Å². The van der Waals surface area contributed by atoms with Crippen LogP contribution in [0.3, 0.4) is 0 Å². The fourth-order valence-electron chi connectivity index (χ4n) is 3.30. The minimum Gasteiger partial charge on any atom is -0.339 e. The zero-order valence-corrected chi connectivity index (χ0v) is 17.0. The van der Waals surface area contributed by atoms with Crippen LogP contribution >= 0.6 is 11.6 Å². The molecule has 0 radical (unpaired) electrons. The molecular weight excluding hydrogens is 406 g/mol. The van der Waals surface area contributed by atoms with Crippen LogP contribution in [-0.2, 0) is 11.2 Å². The normalized spacial score (nSPS) is 14.0. The molecule has 0 spiro atoms. The van der Waals surface area contributed by atoms with Crippen LogP contribution in [-0.4, -0.2) is 62.9 Å². The Labute approximate surface area is 178 Å². The van der Waals surface area contributed by atoms with E-state index in [1.54, 1.807) is 52.5 Å². The molecule has 154 valence electrons. The van der Waals surface area contributed by atoms with Gasteiger partial charge in [-0.2, -0.15) is 4.98 Å². The second kappa shape index (κ2) is 9.04. The van der Waals surface area contributed by atoms with E-state index >= 15 is 0 Å². The second-order valence-electron chi connectivity index (χ2n) is 6.94. The van der Waals surface area contributed by atoms with Gasteiger partial charge in [-0.3, -0.25) is 14.6 Å². The Morgan fingerprint density at radius 3 is 2.60 bits per heavy atom. The highest BCUT2D eigenvalue weighted by atomic mass is 35.5. The highest BCUT2D eigenvalue weighted by Crippen LogP contribution is 2.16. The lowest BCUT2D eigenvalue weighted by Gasteiger charge is -2.34. The molecule has 0 unspecified atom stereocenters. The van der Waals surface area contributed by atoms with Crippen LogP contribution < -0.4 is 0 Å². The molecular formula is C21H20ClN5O3. The molecule has 2 aromatic heterocycles. The quantitative estimate of drug-likeness (QED) is 0.624. The fourth-order valence-corrected chi connectivity index (χ4v) is 3.49. The maximum Gasteiger partial charge on any atom is 0.254 e. The van der Waals surface area contributed by atoms with E-state index in [9.17, 15) is 9.59 Å². The molecule has 0 N–H and O–H groups in total. The van der Waals surface area contributed by atoms with Gasteiger partial charge in [0.25, 0.3) is 5.91 Å². The van der Waals surface area contributed by atoms with Gasteiger partial charge in [-0.1, -0.05) is 22.8 Å². The lowest BCUT2D eigenvalue weighted by atomic mass is 10.1. The maximum atomic E-state index is 12.6. The van der Waals surface area contributed by atoms with Crippen molar-refractivity contribution in [2.45, 2.75) is 12.8 Å². The molecule has 1 aliphatic heterocycles. The molecule has 1 aliphatic rings. The highest BCUT2D eigenvalue weighted by Gasteiger charge is 2.25. The summed E-state index contributed by atoms with van der Waals surface area (Å²) in [4.78, 5) is 37.0. The third kappa shape index (κ3) is 4.65. The van der Waals surface area contributed by atoms with Crippen molar-refractivity contribution in [2.24, 2.45) is 0 Å². The monoisotopic (exact) mass is 425 g/mol. The van der Waals surface area contributed by atoms with E-state index in [1.807, 2.05) is 6.07 Å². The lowest BCUT2D eigenvalue weighted by Crippen LogP contribution is -2.50. The number of carbonyl (C=O) groups is 2. The van der Waals surface area contributed by atoms with E-state index in [4.69, 9.17) is 16.1 Å². The number of benzene rings is 1. The number of aromatic nitrogens is 3. The molecule has 1 saturated heterocycles. The fraction of sp³-hybridized carbons (Fsp3) is 0.286. The molecule has 30 heavy (non-hydrogen) atoms. The molecule has 3 aromatic rings. The number of nitrogens with zero attached hydrogens (tertiary/aromatic N) is 5. The Kier molecular flexibility index (Phi) is 6.04. The predicted molar refractivity (Wildman–Crippen MR) is 110 cm³/mol. The van der Waals surface area contributed by atoms with Crippen LogP contribution in [0.4, 0.5) is 0 Å². The number of aryl methyl sites for hydroxylation is 1. The minimum absolute atomic E-state index is 0.00554.